The Morgan fingerprint density at radius 2 is 1.86 bits per heavy atom. The highest BCUT2D eigenvalue weighted by molar-refractivity contribution is 5.92. The number of nitrogens with zero attached hydrogens (tertiary/aromatic N) is 2. The highest BCUT2D eigenvalue weighted by Crippen LogP contribution is 2.33. The van der Waals surface area contributed by atoms with Gasteiger partial charge in [-0.1, -0.05) is 12.1 Å². The van der Waals surface area contributed by atoms with Crippen LogP contribution in [0.3, 0.4) is 0 Å². The predicted octanol–water partition coefficient (Wildman–Crippen LogP) is 3.76. The molecule has 0 unspecified atom stereocenters. The fourth-order valence-corrected chi connectivity index (χ4v) is 5.21. The summed E-state index contributed by atoms with van der Waals surface area (Å²) >= 11 is 0. The van der Waals surface area contributed by atoms with Gasteiger partial charge in [0.2, 0.25) is 0 Å². The van der Waals surface area contributed by atoms with Crippen LogP contribution in [0, 0.1) is 5.92 Å². The van der Waals surface area contributed by atoms with Crippen molar-refractivity contribution in [1.82, 2.24) is 10.2 Å². The van der Waals surface area contributed by atoms with E-state index < -0.39 is 0 Å². The summed E-state index contributed by atoms with van der Waals surface area (Å²) in [4.78, 5) is 17.7. The Bertz CT molecular complexity index is 845. The first-order valence-electron chi connectivity index (χ1n) is 10.7. The first-order chi connectivity index (χ1) is 13.7. The SMILES string of the molecule is C[C@H]1[C@H](NC(=O)c2ccc(-c3cccc(N4CCCC4)c3)o2)C2CCN1CC2. The van der Waals surface area contributed by atoms with Crippen LogP contribution in [0.1, 0.15) is 43.2 Å². The normalized spacial score (nSPS) is 29.2. The molecule has 5 nitrogen and oxygen atoms in total. The fourth-order valence-electron chi connectivity index (χ4n) is 5.21. The zero-order valence-corrected chi connectivity index (χ0v) is 16.6. The Morgan fingerprint density at radius 3 is 2.61 bits per heavy atom. The van der Waals surface area contributed by atoms with Crippen LogP contribution in [0.2, 0.25) is 0 Å². The second-order valence-electron chi connectivity index (χ2n) is 8.52. The summed E-state index contributed by atoms with van der Waals surface area (Å²) in [5, 5.41) is 3.25. The largest absolute Gasteiger partial charge is 0.451 e. The number of piperidine rings is 3. The number of benzene rings is 1. The van der Waals surface area contributed by atoms with Crippen molar-refractivity contribution in [1.29, 1.82) is 0 Å². The fraction of sp³-hybridized carbons (Fsp3) is 0.522. The number of hydrogen-bond donors (Lipinski definition) is 1. The maximum Gasteiger partial charge on any atom is 0.287 e. The van der Waals surface area contributed by atoms with E-state index in [1.54, 1.807) is 6.07 Å². The molecule has 1 aromatic carbocycles. The molecule has 2 atom stereocenters. The standard InChI is InChI=1S/C23H29N3O2/c1-16-22(17-9-13-25(16)14-10-17)24-23(27)21-8-7-20(28-21)18-5-4-6-19(15-18)26-11-2-3-12-26/h4-8,15-17,22H,2-3,9-14H2,1H3,(H,24,27)/t16-,22-/m0/s1. The van der Waals surface area contributed by atoms with E-state index in [1.807, 2.05) is 6.07 Å². The Balaban J connectivity index is 1.31. The van der Waals surface area contributed by atoms with Gasteiger partial charge in [0.1, 0.15) is 5.76 Å². The second kappa shape index (κ2) is 7.28. The van der Waals surface area contributed by atoms with Crippen LogP contribution in [0.4, 0.5) is 5.69 Å². The molecule has 4 saturated heterocycles. The number of rotatable bonds is 4. The van der Waals surface area contributed by atoms with Crippen LogP contribution in [0.15, 0.2) is 40.8 Å². The molecule has 5 heteroatoms. The predicted molar refractivity (Wildman–Crippen MR) is 111 cm³/mol. The summed E-state index contributed by atoms with van der Waals surface area (Å²) in [6.07, 6.45) is 4.88. The Kier molecular flexibility index (Phi) is 4.63. The highest BCUT2D eigenvalue weighted by Gasteiger charge is 2.40. The monoisotopic (exact) mass is 379 g/mol. The van der Waals surface area contributed by atoms with E-state index in [0.29, 0.717) is 17.7 Å². The lowest BCUT2D eigenvalue weighted by Crippen LogP contribution is -2.62. The summed E-state index contributed by atoms with van der Waals surface area (Å²) in [5.41, 5.74) is 2.26. The lowest BCUT2D eigenvalue weighted by Gasteiger charge is -2.49. The number of anilines is 1. The van der Waals surface area contributed by atoms with Crippen molar-refractivity contribution in [3.63, 3.8) is 0 Å². The van der Waals surface area contributed by atoms with Gasteiger partial charge in [0.05, 0.1) is 0 Å². The van der Waals surface area contributed by atoms with E-state index in [-0.39, 0.29) is 11.9 Å². The minimum atomic E-state index is -0.0902. The smallest absolute Gasteiger partial charge is 0.287 e. The van der Waals surface area contributed by atoms with Crippen molar-refractivity contribution >= 4 is 11.6 Å². The van der Waals surface area contributed by atoms with E-state index in [0.717, 1.165) is 37.5 Å². The summed E-state index contributed by atoms with van der Waals surface area (Å²) in [6, 6.07) is 12.8. The Labute approximate surface area is 166 Å². The molecule has 1 amide bonds. The number of furan rings is 1. The van der Waals surface area contributed by atoms with Gasteiger partial charge in [-0.3, -0.25) is 9.69 Å². The average Bonchev–Trinajstić information content (AvgIpc) is 3.43. The van der Waals surface area contributed by atoms with E-state index in [4.69, 9.17) is 4.42 Å². The van der Waals surface area contributed by atoms with Crippen LogP contribution >= 0.6 is 0 Å². The van der Waals surface area contributed by atoms with Crippen molar-refractivity contribution in [3.8, 4) is 11.3 Å². The molecule has 28 heavy (non-hydrogen) atoms. The molecule has 0 radical (unpaired) electrons. The summed E-state index contributed by atoms with van der Waals surface area (Å²) in [5.74, 6) is 1.67. The zero-order valence-electron chi connectivity index (χ0n) is 16.6. The first-order valence-corrected chi connectivity index (χ1v) is 10.7. The van der Waals surface area contributed by atoms with Crippen LogP contribution < -0.4 is 10.2 Å². The van der Waals surface area contributed by atoms with Gasteiger partial charge in [0.15, 0.2) is 5.76 Å². The van der Waals surface area contributed by atoms with Gasteiger partial charge in [-0.05, 0) is 75.9 Å². The van der Waals surface area contributed by atoms with Gasteiger partial charge >= 0.3 is 0 Å². The number of amides is 1. The minimum absolute atomic E-state index is 0.0902. The van der Waals surface area contributed by atoms with Gasteiger partial charge in [-0.25, -0.2) is 0 Å². The van der Waals surface area contributed by atoms with Crippen molar-refractivity contribution in [2.45, 2.75) is 44.7 Å². The van der Waals surface area contributed by atoms with Crippen LogP contribution in [-0.2, 0) is 0 Å². The van der Waals surface area contributed by atoms with Gasteiger partial charge in [-0.15, -0.1) is 0 Å². The topological polar surface area (TPSA) is 48.7 Å². The van der Waals surface area contributed by atoms with E-state index in [2.05, 4.69) is 46.3 Å². The number of hydrogen-bond acceptors (Lipinski definition) is 4. The molecule has 6 rings (SSSR count). The van der Waals surface area contributed by atoms with Crippen molar-refractivity contribution in [2.24, 2.45) is 5.92 Å². The highest BCUT2D eigenvalue weighted by atomic mass is 16.3. The van der Waals surface area contributed by atoms with E-state index in [9.17, 15) is 4.79 Å². The third-order valence-electron chi connectivity index (χ3n) is 6.91. The average molecular weight is 380 g/mol. The molecule has 4 aliphatic heterocycles. The zero-order chi connectivity index (χ0) is 19.1. The third kappa shape index (κ3) is 3.22. The molecule has 1 N–H and O–H groups in total. The molecule has 4 aliphatic rings. The lowest BCUT2D eigenvalue weighted by atomic mass is 9.79. The molecule has 0 saturated carbocycles. The third-order valence-corrected chi connectivity index (χ3v) is 6.91. The van der Waals surface area contributed by atoms with Crippen LogP contribution in [-0.4, -0.2) is 49.1 Å². The summed E-state index contributed by atoms with van der Waals surface area (Å²) in [6.45, 7) is 6.79. The molecule has 1 aromatic heterocycles. The number of nitrogens with one attached hydrogen (secondary N) is 1. The van der Waals surface area contributed by atoms with Crippen molar-refractivity contribution in [3.05, 3.63) is 42.2 Å². The molecule has 2 bridgehead atoms. The molecule has 4 fully saturated rings. The van der Waals surface area contributed by atoms with Gasteiger partial charge in [0.25, 0.3) is 5.91 Å². The lowest BCUT2D eigenvalue weighted by molar-refractivity contribution is 0.0211. The minimum Gasteiger partial charge on any atom is -0.451 e. The maximum atomic E-state index is 12.8. The second-order valence-corrected chi connectivity index (χ2v) is 8.52. The molecular weight excluding hydrogens is 350 g/mol. The molecule has 148 valence electrons. The first kappa shape index (κ1) is 17.8. The van der Waals surface area contributed by atoms with E-state index in [1.165, 1.54) is 31.4 Å². The molecule has 2 aromatic rings. The van der Waals surface area contributed by atoms with Gasteiger partial charge < -0.3 is 14.6 Å². The van der Waals surface area contributed by atoms with Gasteiger partial charge in [-0.2, -0.15) is 0 Å². The quantitative estimate of drug-likeness (QED) is 0.879. The number of carbonyl (C=O) groups excluding carboxylic acids is 1. The van der Waals surface area contributed by atoms with Crippen molar-refractivity contribution < 1.29 is 9.21 Å². The molecule has 0 aliphatic carbocycles. The van der Waals surface area contributed by atoms with Crippen LogP contribution in [0.5, 0.6) is 0 Å². The summed E-state index contributed by atoms with van der Waals surface area (Å²) < 4.78 is 5.96. The number of fused-ring (bicyclic) bond motifs is 3. The molecule has 5 heterocycles. The number of carbonyl (C=O) groups is 1. The van der Waals surface area contributed by atoms with E-state index >= 15 is 0 Å². The molecular formula is C23H29N3O2. The van der Waals surface area contributed by atoms with Crippen molar-refractivity contribution in [2.75, 3.05) is 31.1 Å². The van der Waals surface area contributed by atoms with Gasteiger partial charge in [0, 0.05) is 36.4 Å². The summed E-state index contributed by atoms with van der Waals surface area (Å²) in [7, 11) is 0. The maximum absolute atomic E-state index is 12.8. The molecule has 0 spiro atoms. The Hall–Kier alpha value is -2.27. The van der Waals surface area contributed by atoms with Crippen LogP contribution in [0.25, 0.3) is 11.3 Å². The Morgan fingerprint density at radius 1 is 1.07 bits per heavy atom.